The van der Waals surface area contributed by atoms with E-state index >= 15 is 0 Å². The van der Waals surface area contributed by atoms with Gasteiger partial charge in [0.2, 0.25) is 11.8 Å². The number of nitrogens with one attached hydrogen (secondary N) is 2. The lowest BCUT2D eigenvalue weighted by molar-refractivity contribution is -0.136. The molecule has 0 bridgehead atoms. The van der Waals surface area contributed by atoms with Gasteiger partial charge < -0.3 is 5.32 Å². The number of carbonyl (C=O) groups is 4. The molecule has 0 aliphatic carbocycles. The number of carbonyl (C=O) groups excluding carboxylic acids is 4. The highest BCUT2D eigenvalue weighted by Crippen LogP contribution is 2.33. The van der Waals surface area contributed by atoms with E-state index in [2.05, 4.69) is 15.5 Å². The fourth-order valence-electron chi connectivity index (χ4n) is 3.87. The van der Waals surface area contributed by atoms with Crippen LogP contribution in [-0.2, 0) is 16.1 Å². The van der Waals surface area contributed by atoms with Crippen LogP contribution in [0, 0.1) is 0 Å². The van der Waals surface area contributed by atoms with Crippen molar-refractivity contribution in [1.82, 2.24) is 20.4 Å². The summed E-state index contributed by atoms with van der Waals surface area (Å²) < 4.78 is 0. The number of halogens is 1. The Morgan fingerprint density at radius 1 is 1.07 bits per heavy atom. The first-order valence-corrected chi connectivity index (χ1v) is 9.30. The lowest BCUT2D eigenvalue weighted by atomic mass is 10.0. The molecule has 1 aromatic carbocycles. The van der Waals surface area contributed by atoms with E-state index in [9.17, 15) is 19.2 Å². The van der Waals surface area contributed by atoms with E-state index in [1.807, 2.05) is 0 Å². The van der Waals surface area contributed by atoms with Crippen molar-refractivity contribution >= 4 is 35.2 Å². The Balaban J connectivity index is 1.67. The minimum absolute atomic E-state index is 0.0954. The van der Waals surface area contributed by atoms with Crippen molar-refractivity contribution in [3.8, 4) is 0 Å². The topological polar surface area (TPSA) is 98.8 Å². The predicted octanol–water partition coefficient (Wildman–Crippen LogP) is 0.146. The van der Waals surface area contributed by atoms with Gasteiger partial charge in [0.25, 0.3) is 11.8 Å². The van der Waals surface area contributed by atoms with Crippen molar-refractivity contribution < 1.29 is 19.2 Å². The molecule has 1 aromatic rings. The van der Waals surface area contributed by atoms with Crippen LogP contribution in [0.1, 0.15) is 39.1 Å². The highest BCUT2D eigenvalue weighted by molar-refractivity contribution is 6.32. The molecule has 3 aliphatic rings. The Labute approximate surface area is 160 Å². The quantitative estimate of drug-likeness (QED) is 0.713. The van der Waals surface area contributed by atoms with Gasteiger partial charge in [0, 0.05) is 44.2 Å². The largest absolute Gasteiger partial charge is 0.314 e. The first-order chi connectivity index (χ1) is 13.0. The molecule has 0 radical (unpaired) electrons. The maximum Gasteiger partial charge on any atom is 0.262 e. The van der Waals surface area contributed by atoms with Crippen molar-refractivity contribution in [3.63, 3.8) is 0 Å². The number of hydrogen-bond acceptors (Lipinski definition) is 6. The number of rotatable bonds is 3. The van der Waals surface area contributed by atoms with Crippen molar-refractivity contribution in [1.29, 1.82) is 0 Å². The summed E-state index contributed by atoms with van der Waals surface area (Å²) in [5, 5.41) is 5.85. The zero-order valence-corrected chi connectivity index (χ0v) is 15.3. The van der Waals surface area contributed by atoms with Crippen molar-refractivity contribution in [2.45, 2.75) is 25.4 Å². The van der Waals surface area contributed by atoms with Crippen molar-refractivity contribution in [2.75, 3.05) is 26.2 Å². The molecule has 9 heteroatoms. The van der Waals surface area contributed by atoms with Crippen LogP contribution in [-0.4, -0.2) is 65.6 Å². The molecule has 3 aliphatic heterocycles. The van der Waals surface area contributed by atoms with Crippen LogP contribution in [0.4, 0.5) is 0 Å². The van der Waals surface area contributed by atoms with E-state index in [1.165, 1.54) is 6.07 Å². The zero-order valence-electron chi connectivity index (χ0n) is 14.6. The van der Waals surface area contributed by atoms with Crippen LogP contribution in [0.25, 0.3) is 0 Å². The van der Waals surface area contributed by atoms with Crippen LogP contribution in [0.3, 0.4) is 0 Å². The summed E-state index contributed by atoms with van der Waals surface area (Å²) in [6, 6.07) is 2.21. The first kappa shape index (κ1) is 18.1. The smallest absolute Gasteiger partial charge is 0.262 e. The third-order valence-electron chi connectivity index (χ3n) is 5.19. The van der Waals surface area contributed by atoms with Gasteiger partial charge in [-0.25, -0.2) is 0 Å². The lowest BCUT2D eigenvalue weighted by Crippen LogP contribution is -2.54. The number of benzene rings is 1. The van der Waals surface area contributed by atoms with Gasteiger partial charge in [0.05, 0.1) is 11.1 Å². The van der Waals surface area contributed by atoms with Gasteiger partial charge in [-0.2, -0.15) is 0 Å². The van der Waals surface area contributed by atoms with Gasteiger partial charge in [-0.15, -0.1) is 0 Å². The summed E-state index contributed by atoms with van der Waals surface area (Å²) in [5.74, 6) is -2.04. The van der Waals surface area contributed by atoms with Crippen molar-refractivity contribution in [2.24, 2.45) is 0 Å². The third kappa shape index (κ3) is 3.24. The molecule has 4 amide bonds. The second-order valence-electron chi connectivity index (χ2n) is 6.96. The molecule has 0 aromatic heterocycles. The molecular formula is C18H19ClN4O4. The zero-order chi connectivity index (χ0) is 19.1. The molecule has 4 rings (SSSR count). The number of nitrogens with zero attached hydrogens (tertiary/aromatic N) is 2. The van der Waals surface area contributed by atoms with Gasteiger partial charge in [-0.05, 0) is 24.1 Å². The summed E-state index contributed by atoms with van der Waals surface area (Å²) in [6.45, 7) is 3.89. The molecule has 1 unspecified atom stereocenters. The Bertz CT molecular complexity index is 850. The minimum Gasteiger partial charge on any atom is -0.314 e. The van der Waals surface area contributed by atoms with Crippen LogP contribution >= 0.6 is 11.6 Å². The molecule has 0 spiro atoms. The summed E-state index contributed by atoms with van der Waals surface area (Å²) >= 11 is 6.20. The summed E-state index contributed by atoms with van der Waals surface area (Å²) in [6.07, 6.45) is 0.231. The average Bonchev–Trinajstić information content (AvgIpc) is 2.87. The number of hydrogen-bond donors (Lipinski definition) is 2. The SMILES string of the molecule is O=C1CCC(N2C(=O)c3cc(Cl)cc(CN4CCNCC4)c3C2=O)C(=O)N1. The minimum atomic E-state index is -0.971. The molecule has 2 saturated heterocycles. The molecule has 8 nitrogen and oxygen atoms in total. The monoisotopic (exact) mass is 390 g/mol. The van der Waals surface area contributed by atoms with E-state index in [0.717, 1.165) is 31.1 Å². The average molecular weight is 391 g/mol. The summed E-state index contributed by atoms with van der Waals surface area (Å²) in [5.41, 5.74) is 1.22. The van der Waals surface area contributed by atoms with E-state index in [-0.39, 0.29) is 18.4 Å². The van der Waals surface area contributed by atoms with E-state index in [4.69, 9.17) is 11.6 Å². The number of fused-ring (bicyclic) bond motifs is 1. The second-order valence-corrected chi connectivity index (χ2v) is 7.40. The molecule has 3 heterocycles. The van der Waals surface area contributed by atoms with Gasteiger partial charge in [-0.1, -0.05) is 11.6 Å². The van der Waals surface area contributed by atoms with E-state index in [0.29, 0.717) is 22.7 Å². The molecule has 2 N–H and O–H groups in total. The van der Waals surface area contributed by atoms with Gasteiger partial charge in [-0.3, -0.25) is 34.3 Å². The van der Waals surface area contributed by atoms with Gasteiger partial charge >= 0.3 is 0 Å². The van der Waals surface area contributed by atoms with E-state index in [1.54, 1.807) is 6.07 Å². The van der Waals surface area contributed by atoms with Crippen molar-refractivity contribution in [3.05, 3.63) is 33.8 Å². The third-order valence-corrected chi connectivity index (χ3v) is 5.41. The number of imide groups is 2. The first-order valence-electron chi connectivity index (χ1n) is 8.93. The Hall–Kier alpha value is -2.29. The van der Waals surface area contributed by atoms with E-state index < -0.39 is 29.7 Å². The predicted molar refractivity (Wildman–Crippen MR) is 96.3 cm³/mol. The summed E-state index contributed by atoms with van der Waals surface area (Å²) in [7, 11) is 0. The van der Waals surface area contributed by atoms with Gasteiger partial charge in [0.15, 0.2) is 0 Å². The Kier molecular flexibility index (Phi) is 4.71. The number of piperidine rings is 1. The molecule has 1 atom stereocenters. The molecule has 142 valence electrons. The Morgan fingerprint density at radius 2 is 1.81 bits per heavy atom. The fourth-order valence-corrected chi connectivity index (χ4v) is 4.11. The molecule has 27 heavy (non-hydrogen) atoms. The second kappa shape index (κ2) is 7.03. The number of piperazine rings is 1. The maximum atomic E-state index is 13.1. The van der Waals surface area contributed by atoms with Gasteiger partial charge in [0.1, 0.15) is 6.04 Å². The van der Waals surface area contributed by atoms with Crippen LogP contribution < -0.4 is 10.6 Å². The van der Waals surface area contributed by atoms with Crippen LogP contribution in [0.2, 0.25) is 5.02 Å². The number of amides is 4. The molecular weight excluding hydrogens is 372 g/mol. The standard InChI is InChI=1S/C18H19ClN4O4/c19-11-7-10(9-22-5-3-20-4-6-22)15-12(8-11)17(26)23(18(15)27)13-1-2-14(24)21-16(13)25/h7-8,13,20H,1-6,9H2,(H,21,24,25). The summed E-state index contributed by atoms with van der Waals surface area (Å²) in [4.78, 5) is 52.7. The highest BCUT2D eigenvalue weighted by atomic mass is 35.5. The lowest BCUT2D eigenvalue weighted by Gasteiger charge is -2.28. The normalized spacial score (nSPS) is 23.6. The molecule has 2 fully saturated rings. The van der Waals surface area contributed by atoms with Crippen LogP contribution in [0.5, 0.6) is 0 Å². The molecule has 0 saturated carbocycles. The highest BCUT2D eigenvalue weighted by Gasteiger charge is 2.45. The Morgan fingerprint density at radius 3 is 2.52 bits per heavy atom. The maximum absolute atomic E-state index is 13.1. The fraction of sp³-hybridized carbons (Fsp3) is 0.444. The van der Waals surface area contributed by atoms with Crippen LogP contribution in [0.15, 0.2) is 12.1 Å².